The van der Waals surface area contributed by atoms with Gasteiger partial charge in [-0.3, -0.25) is 4.99 Å². The number of allylic oxidation sites excluding steroid dienone is 1. The van der Waals surface area contributed by atoms with Crippen molar-refractivity contribution < 1.29 is 0 Å². The lowest BCUT2D eigenvalue weighted by atomic mass is 9.88. The molecular formula is C49H31N. The molecular weight excluding hydrogens is 603 g/mol. The summed E-state index contributed by atoms with van der Waals surface area (Å²) in [5.74, 6) is 0. The number of rotatable bonds is 4. The molecule has 0 saturated carbocycles. The Morgan fingerprint density at radius 1 is 0.340 bits per heavy atom. The Kier molecular flexibility index (Phi) is 5.85. The molecule has 8 aromatic rings. The van der Waals surface area contributed by atoms with Crippen molar-refractivity contribution in [1.82, 2.24) is 0 Å². The largest absolute Gasteiger partial charge is 0.253 e. The average molecular weight is 634 g/mol. The van der Waals surface area contributed by atoms with Crippen LogP contribution in [-0.4, -0.2) is 5.71 Å². The number of aliphatic imine (C=N–C) groups is 1. The molecule has 0 atom stereocenters. The summed E-state index contributed by atoms with van der Waals surface area (Å²) in [5.41, 5.74) is 20.1. The Labute approximate surface area is 291 Å². The van der Waals surface area contributed by atoms with Crippen LogP contribution in [-0.2, 0) is 0 Å². The zero-order chi connectivity index (χ0) is 32.8. The lowest BCUT2D eigenvalue weighted by Crippen LogP contribution is -2.05. The molecule has 0 spiro atoms. The van der Waals surface area contributed by atoms with Crippen molar-refractivity contribution in [3.05, 3.63) is 175 Å². The van der Waals surface area contributed by atoms with Crippen molar-refractivity contribution in [2.45, 2.75) is 12.8 Å². The Morgan fingerprint density at radius 3 is 1.32 bits per heavy atom. The van der Waals surface area contributed by atoms with E-state index in [1.165, 1.54) is 93.9 Å². The number of hydrogen-bond acceptors (Lipinski definition) is 1. The molecule has 0 N–H and O–H groups in total. The molecule has 1 nitrogen and oxygen atoms in total. The SMILES string of the molecule is C1=C(c2cc(-c3ccc4c5c(cccc35)-c3ccccc3-4)cc(-c3ccc4c5c(cccc35)-c3ccccc3-4)c2)N=C(c2ccccc2)CC1. The van der Waals surface area contributed by atoms with E-state index in [4.69, 9.17) is 4.99 Å². The highest BCUT2D eigenvalue weighted by atomic mass is 14.8. The van der Waals surface area contributed by atoms with Gasteiger partial charge in [0, 0.05) is 11.3 Å². The van der Waals surface area contributed by atoms with Gasteiger partial charge in [0.05, 0.1) is 5.70 Å². The maximum atomic E-state index is 5.32. The van der Waals surface area contributed by atoms with Gasteiger partial charge >= 0.3 is 0 Å². The molecule has 11 rings (SSSR count). The van der Waals surface area contributed by atoms with E-state index >= 15 is 0 Å². The highest BCUT2D eigenvalue weighted by Gasteiger charge is 2.25. The van der Waals surface area contributed by atoms with Gasteiger partial charge in [-0.05, 0) is 125 Å². The summed E-state index contributed by atoms with van der Waals surface area (Å²) in [6, 6.07) is 58.4. The Balaban J connectivity index is 1.15. The van der Waals surface area contributed by atoms with Gasteiger partial charge in [-0.25, -0.2) is 0 Å². The van der Waals surface area contributed by atoms with Crippen LogP contribution in [0.25, 0.3) is 94.0 Å². The molecule has 3 aliphatic rings. The van der Waals surface area contributed by atoms with E-state index in [-0.39, 0.29) is 0 Å². The molecule has 0 aromatic heterocycles. The van der Waals surface area contributed by atoms with Crippen molar-refractivity contribution in [3.63, 3.8) is 0 Å². The van der Waals surface area contributed by atoms with E-state index in [0.717, 1.165) is 29.8 Å². The summed E-state index contributed by atoms with van der Waals surface area (Å²) in [5, 5.41) is 5.28. The second-order valence-electron chi connectivity index (χ2n) is 13.7. The van der Waals surface area contributed by atoms with Gasteiger partial charge in [-0.15, -0.1) is 0 Å². The highest BCUT2D eigenvalue weighted by molar-refractivity contribution is 6.20. The van der Waals surface area contributed by atoms with E-state index in [2.05, 4.69) is 164 Å². The van der Waals surface area contributed by atoms with Crippen molar-refractivity contribution in [2.24, 2.45) is 4.99 Å². The number of hydrogen-bond donors (Lipinski definition) is 0. The first-order valence-electron chi connectivity index (χ1n) is 17.6. The predicted molar refractivity (Wildman–Crippen MR) is 211 cm³/mol. The molecule has 0 bridgehead atoms. The van der Waals surface area contributed by atoms with E-state index in [1.807, 2.05) is 0 Å². The summed E-state index contributed by atoms with van der Waals surface area (Å²) in [6.45, 7) is 0. The van der Waals surface area contributed by atoms with Gasteiger partial charge < -0.3 is 0 Å². The smallest absolute Gasteiger partial charge is 0.0666 e. The molecule has 0 unspecified atom stereocenters. The third-order valence-corrected chi connectivity index (χ3v) is 11.0. The lowest BCUT2D eigenvalue weighted by molar-refractivity contribution is 1.07. The fourth-order valence-electron chi connectivity index (χ4n) is 8.82. The van der Waals surface area contributed by atoms with Gasteiger partial charge in [0.2, 0.25) is 0 Å². The van der Waals surface area contributed by atoms with Crippen LogP contribution in [0, 0.1) is 0 Å². The minimum absolute atomic E-state index is 0.949. The van der Waals surface area contributed by atoms with E-state index in [0.29, 0.717) is 0 Å². The van der Waals surface area contributed by atoms with Crippen LogP contribution in [0.4, 0.5) is 0 Å². The molecule has 0 saturated heterocycles. The summed E-state index contributed by atoms with van der Waals surface area (Å²) in [6.07, 6.45) is 4.25. The Bertz CT molecular complexity index is 2590. The number of nitrogens with zero attached hydrogens (tertiary/aromatic N) is 1. The van der Waals surface area contributed by atoms with Crippen LogP contribution in [0.1, 0.15) is 24.0 Å². The monoisotopic (exact) mass is 633 g/mol. The topological polar surface area (TPSA) is 12.4 Å². The molecule has 0 amide bonds. The molecule has 1 aliphatic heterocycles. The van der Waals surface area contributed by atoms with E-state index in [1.54, 1.807) is 0 Å². The number of benzene rings is 8. The summed E-state index contributed by atoms with van der Waals surface area (Å²) in [7, 11) is 0. The lowest BCUT2D eigenvalue weighted by Gasteiger charge is -2.18. The molecule has 2 aliphatic carbocycles. The third kappa shape index (κ3) is 3.98. The van der Waals surface area contributed by atoms with Crippen molar-refractivity contribution >= 4 is 33.0 Å². The molecule has 8 aromatic carbocycles. The maximum Gasteiger partial charge on any atom is 0.0666 e. The molecule has 1 heteroatoms. The van der Waals surface area contributed by atoms with Crippen molar-refractivity contribution in [2.75, 3.05) is 0 Å². The van der Waals surface area contributed by atoms with Crippen LogP contribution < -0.4 is 0 Å². The zero-order valence-electron chi connectivity index (χ0n) is 27.4. The van der Waals surface area contributed by atoms with Crippen LogP contribution in [0.2, 0.25) is 0 Å². The highest BCUT2D eigenvalue weighted by Crippen LogP contribution is 2.51. The van der Waals surface area contributed by atoms with Crippen LogP contribution in [0.15, 0.2) is 169 Å². The number of fused-ring (bicyclic) bond motifs is 6. The molecule has 1 heterocycles. The summed E-state index contributed by atoms with van der Waals surface area (Å²) in [4.78, 5) is 5.32. The fourth-order valence-corrected chi connectivity index (χ4v) is 8.82. The first kappa shape index (κ1) is 27.6. The third-order valence-electron chi connectivity index (χ3n) is 11.0. The van der Waals surface area contributed by atoms with Gasteiger partial charge in [0.1, 0.15) is 0 Å². The van der Waals surface area contributed by atoms with E-state index < -0.39 is 0 Å². The minimum Gasteiger partial charge on any atom is -0.253 e. The normalized spacial score (nSPS) is 13.7. The molecule has 0 fully saturated rings. The summed E-state index contributed by atoms with van der Waals surface area (Å²) < 4.78 is 0. The Morgan fingerprint density at radius 2 is 0.780 bits per heavy atom. The van der Waals surface area contributed by atoms with Crippen molar-refractivity contribution in [1.29, 1.82) is 0 Å². The van der Waals surface area contributed by atoms with Crippen molar-refractivity contribution in [3.8, 4) is 66.8 Å². The zero-order valence-corrected chi connectivity index (χ0v) is 27.4. The predicted octanol–water partition coefficient (Wildman–Crippen LogP) is 13.2. The Hall–Kier alpha value is -6.31. The molecule has 232 valence electrons. The van der Waals surface area contributed by atoms with Gasteiger partial charge in [0.15, 0.2) is 0 Å². The molecule has 50 heavy (non-hydrogen) atoms. The van der Waals surface area contributed by atoms with Gasteiger partial charge in [-0.1, -0.05) is 146 Å². The van der Waals surface area contributed by atoms with Crippen LogP contribution >= 0.6 is 0 Å². The van der Waals surface area contributed by atoms with Gasteiger partial charge in [0.25, 0.3) is 0 Å². The summed E-state index contributed by atoms with van der Waals surface area (Å²) >= 11 is 0. The second kappa shape index (κ2) is 10.6. The standard InChI is InChI=1S/C49H31N/c1-2-11-30(12-3-1)46-21-10-22-47(50-46)33-28-31(34-23-25-44-38-15-6-4-13-36(38)42-19-8-17-40(34)48(42)44)27-32(29-33)35-24-26-45-39-16-7-5-14-37(39)43-20-9-18-41(35)49(43)45/h1-9,11-20,22-29H,10,21H2. The van der Waals surface area contributed by atoms with E-state index in [9.17, 15) is 0 Å². The average Bonchev–Trinajstić information content (AvgIpc) is 3.70. The molecule has 0 radical (unpaired) electrons. The fraction of sp³-hybridized carbons (Fsp3) is 0.0408. The quantitative estimate of drug-likeness (QED) is 0.183. The van der Waals surface area contributed by atoms with Gasteiger partial charge in [-0.2, -0.15) is 0 Å². The second-order valence-corrected chi connectivity index (χ2v) is 13.7. The first-order chi connectivity index (χ1) is 24.8. The van der Waals surface area contributed by atoms with Crippen LogP contribution in [0.3, 0.4) is 0 Å². The maximum absolute atomic E-state index is 5.32. The minimum atomic E-state index is 0.949. The van der Waals surface area contributed by atoms with Crippen LogP contribution in [0.5, 0.6) is 0 Å². The first-order valence-corrected chi connectivity index (χ1v) is 17.6.